The van der Waals surface area contributed by atoms with Crippen LogP contribution in [0, 0.1) is 5.82 Å². The van der Waals surface area contributed by atoms with Crippen molar-refractivity contribution in [1.29, 1.82) is 0 Å². The third-order valence-electron chi connectivity index (χ3n) is 2.36. The van der Waals surface area contributed by atoms with Crippen molar-refractivity contribution in [1.82, 2.24) is 4.98 Å². The van der Waals surface area contributed by atoms with Crippen LogP contribution in [0.3, 0.4) is 0 Å². The Kier molecular flexibility index (Phi) is 2.90. The molecular formula is C12H13FN2O. The van der Waals surface area contributed by atoms with E-state index in [0.717, 1.165) is 11.1 Å². The predicted molar refractivity (Wildman–Crippen MR) is 62.4 cm³/mol. The lowest BCUT2D eigenvalue weighted by atomic mass is 10.1. The molecule has 0 spiro atoms. The summed E-state index contributed by atoms with van der Waals surface area (Å²) in [5.74, 6) is -0.116. The van der Waals surface area contributed by atoms with Gasteiger partial charge in [-0.3, -0.25) is 4.98 Å². The Balaban J connectivity index is 2.65. The number of nitrogens with one attached hydrogen (secondary N) is 1. The molecule has 1 aromatic carbocycles. The molecule has 0 fully saturated rings. The first-order valence-corrected chi connectivity index (χ1v) is 5.15. The van der Waals surface area contributed by atoms with Crippen molar-refractivity contribution in [2.45, 2.75) is 6.92 Å². The number of nitrogens with zero attached hydrogens (tertiary/aromatic N) is 1. The minimum atomic E-state index is -0.380. The van der Waals surface area contributed by atoms with Crippen LogP contribution >= 0.6 is 0 Å². The predicted octanol–water partition coefficient (Wildman–Crippen LogP) is 2.81. The van der Waals surface area contributed by atoms with Crippen molar-refractivity contribution in [2.75, 3.05) is 19.0 Å². The van der Waals surface area contributed by atoms with Crippen LogP contribution < -0.4 is 10.1 Å². The first-order valence-electron chi connectivity index (χ1n) is 5.15. The average molecular weight is 220 g/mol. The summed E-state index contributed by atoms with van der Waals surface area (Å²) in [7, 11) is 1.82. The van der Waals surface area contributed by atoms with Gasteiger partial charge >= 0.3 is 0 Å². The molecule has 0 unspecified atom stereocenters. The zero-order valence-corrected chi connectivity index (χ0v) is 9.25. The average Bonchev–Trinajstić information content (AvgIpc) is 2.29. The molecule has 0 radical (unpaired) electrons. The van der Waals surface area contributed by atoms with E-state index in [2.05, 4.69) is 10.3 Å². The summed E-state index contributed by atoms with van der Waals surface area (Å²) < 4.78 is 18.8. The number of anilines is 1. The molecule has 2 aromatic rings. The fraction of sp³-hybridized carbons (Fsp3) is 0.250. The summed E-state index contributed by atoms with van der Waals surface area (Å²) in [5.41, 5.74) is 1.53. The van der Waals surface area contributed by atoms with Crippen molar-refractivity contribution in [3.63, 3.8) is 0 Å². The highest BCUT2D eigenvalue weighted by Gasteiger charge is 2.08. The van der Waals surface area contributed by atoms with Crippen LogP contribution in [0.15, 0.2) is 24.4 Å². The van der Waals surface area contributed by atoms with E-state index >= 15 is 0 Å². The van der Waals surface area contributed by atoms with E-state index in [1.165, 1.54) is 6.07 Å². The largest absolute Gasteiger partial charge is 0.491 e. The molecule has 0 saturated carbocycles. The van der Waals surface area contributed by atoms with Crippen molar-refractivity contribution in [3.8, 4) is 5.75 Å². The minimum absolute atomic E-state index is 0.263. The molecule has 4 heteroatoms. The third-order valence-corrected chi connectivity index (χ3v) is 2.36. The Morgan fingerprint density at radius 3 is 2.94 bits per heavy atom. The Morgan fingerprint density at radius 1 is 1.44 bits per heavy atom. The number of ether oxygens (including phenoxy) is 1. The van der Waals surface area contributed by atoms with E-state index in [1.54, 1.807) is 12.3 Å². The zero-order valence-electron chi connectivity index (χ0n) is 9.25. The van der Waals surface area contributed by atoms with Gasteiger partial charge in [-0.05, 0) is 19.1 Å². The van der Waals surface area contributed by atoms with Crippen molar-refractivity contribution in [2.24, 2.45) is 0 Å². The van der Waals surface area contributed by atoms with Gasteiger partial charge in [-0.2, -0.15) is 0 Å². The van der Waals surface area contributed by atoms with Gasteiger partial charge in [0, 0.05) is 30.4 Å². The monoisotopic (exact) mass is 220 g/mol. The summed E-state index contributed by atoms with van der Waals surface area (Å²) in [4.78, 5) is 4.12. The number of aromatic nitrogens is 1. The minimum Gasteiger partial charge on any atom is -0.491 e. The van der Waals surface area contributed by atoms with Gasteiger partial charge in [0.25, 0.3) is 0 Å². The second kappa shape index (κ2) is 4.35. The fourth-order valence-electron chi connectivity index (χ4n) is 1.63. The lowest BCUT2D eigenvalue weighted by molar-refractivity contribution is 0.322. The first kappa shape index (κ1) is 10.7. The Morgan fingerprint density at radius 2 is 2.25 bits per heavy atom. The Hall–Kier alpha value is -1.84. The molecule has 0 aliphatic heterocycles. The lowest BCUT2D eigenvalue weighted by Crippen LogP contribution is -1.97. The van der Waals surface area contributed by atoms with E-state index in [-0.39, 0.29) is 11.6 Å². The summed E-state index contributed by atoms with van der Waals surface area (Å²) in [6.45, 7) is 2.27. The van der Waals surface area contributed by atoms with Gasteiger partial charge < -0.3 is 10.1 Å². The number of pyridine rings is 1. The molecule has 2 rings (SSSR count). The maximum atomic E-state index is 13.6. The highest BCUT2D eigenvalue weighted by atomic mass is 19.1. The number of hydrogen-bond acceptors (Lipinski definition) is 3. The van der Waals surface area contributed by atoms with Crippen LogP contribution in [0.1, 0.15) is 6.92 Å². The van der Waals surface area contributed by atoms with Gasteiger partial charge in [0.1, 0.15) is 0 Å². The van der Waals surface area contributed by atoms with E-state index in [4.69, 9.17) is 4.74 Å². The van der Waals surface area contributed by atoms with E-state index < -0.39 is 0 Å². The maximum absolute atomic E-state index is 13.6. The van der Waals surface area contributed by atoms with Gasteiger partial charge in [0.2, 0.25) is 0 Å². The van der Waals surface area contributed by atoms with Gasteiger partial charge in [0.15, 0.2) is 11.6 Å². The van der Waals surface area contributed by atoms with E-state index in [1.807, 2.05) is 20.0 Å². The van der Waals surface area contributed by atoms with Crippen LogP contribution in [-0.4, -0.2) is 18.6 Å². The number of benzene rings is 1. The van der Waals surface area contributed by atoms with Crippen LogP contribution in [0.4, 0.5) is 10.1 Å². The Labute approximate surface area is 93.3 Å². The molecule has 0 aliphatic carbocycles. The van der Waals surface area contributed by atoms with E-state index in [0.29, 0.717) is 12.1 Å². The fourth-order valence-corrected chi connectivity index (χ4v) is 1.63. The topological polar surface area (TPSA) is 34.1 Å². The van der Waals surface area contributed by atoms with Crippen LogP contribution in [-0.2, 0) is 0 Å². The second-order valence-electron chi connectivity index (χ2n) is 3.34. The van der Waals surface area contributed by atoms with Crippen LogP contribution in [0.2, 0.25) is 0 Å². The number of hydrogen-bond donors (Lipinski definition) is 1. The summed E-state index contributed by atoms with van der Waals surface area (Å²) in [6, 6.07) is 4.91. The standard InChI is InChI=1S/C12H13FN2O/c1-3-16-12-6-8-10(14-2)4-5-15-11(8)7-9(12)13/h4-7H,3H2,1-2H3,(H,14,15). The second-order valence-corrected chi connectivity index (χ2v) is 3.34. The molecular weight excluding hydrogens is 207 g/mol. The molecule has 1 aromatic heterocycles. The highest BCUT2D eigenvalue weighted by Crippen LogP contribution is 2.28. The van der Waals surface area contributed by atoms with Gasteiger partial charge in [-0.1, -0.05) is 0 Å². The van der Waals surface area contributed by atoms with Crippen molar-refractivity contribution >= 4 is 16.6 Å². The SMILES string of the molecule is CCOc1cc2c(NC)ccnc2cc1F. The third kappa shape index (κ3) is 1.78. The number of fused-ring (bicyclic) bond motifs is 1. The van der Waals surface area contributed by atoms with Gasteiger partial charge in [-0.15, -0.1) is 0 Å². The molecule has 16 heavy (non-hydrogen) atoms. The van der Waals surface area contributed by atoms with Crippen LogP contribution in [0.5, 0.6) is 5.75 Å². The van der Waals surface area contributed by atoms with E-state index in [9.17, 15) is 4.39 Å². The molecule has 0 amide bonds. The molecule has 1 heterocycles. The number of halogens is 1. The molecule has 1 N–H and O–H groups in total. The van der Waals surface area contributed by atoms with Gasteiger partial charge in [-0.25, -0.2) is 4.39 Å². The quantitative estimate of drug-likeness (QED) is 0.863. The maximum Gasteiger partial charge on any atom is 0.167 e. The van der Waals surface area contributed by atoms with Crippen LogP contribution in [0.25, 0.3) is 10.9 Å². The molecule has 0 bridgehead atoms. The molecule has 0 aliphatic rings. The molecule has 0 atom stereocenters. The lowest BCUT2D eigenvalue weighted by Gasteiger charge is -2.09. The normalized spacial score (nSPS) is 10.4. The highest BCUT2D eigenvalue weighted by molar-refractivity contribution is 5.92. The summed E-state index contributed by atoms with van der Waals surface area (Å²) in [6.07, 6.45) is 1.65. The molecule has 3 nitrogen and oxygen atoms in total. The van der Waals surface area contributed by atoms with Gasteiger partial charge in [0.05, 0.1) is 12.1 Å². The number of rotatable bonds is 3. The summed E-state index contributed by atoms with van der Waals surface area (Å²) >= 11 is 0. The van der Waals surface area contributed by atoms with Crippen molar-refractivity contribution in [3.05, 3.63) is 30.2 Å². The summed E-state index contributed by atoms with van der Waals surface area (Å²) in [5, 5.41) is 3.90. The Bertz CT molecular complexity index is 514. The van der Waals surface area contributed by atoms with Crippen molar-refractivity contribution < 1.29 is 9.13 Å². The first-order chi connectivity index (χ1) is 7.76. The molecule has 0 saturated heterocycles. The molecule has 84 valence electrons. The smallest absolute Gasteiger partial charge is 0.167 e. The zero-order chi connectivity index (χ0) is 11.5.